The summed E-state index contributed by atoms with van der Waals surface area (Å²) in [6.45, 7) is 11.5. The van der Waals surface area contributed by atoms with Crippen LogP contribution in [0.5, 0.6) is 0 Å². The number of H-pyrrole nitrogens is 1. The van der Waals surface area contributed by atoms with Crippen LogP contribution in [0.15, 0.2) is 41.2 Å². The van der Waals surface area contributed by atoms with E-state index in [9.17, 15) is 9.59 Å². The molecule has 0 radical (unpaired) electrons. The molecular formula is C24H28N4O2S. The van der Waals surface area contributed by atoms with Gasteiger partial charge < -0.3 is 9.88 Å². The number of aromatic amines is 1. The van der Waals surface area contributed by atoms with Crippen LogP contribution in [0.4, 0.5) is 0 Å². The Labute approximate surface area is 187 Å². The van der Waals surface area contributed by atoms with Gasteiger partial charge >= 0.3 is 0 Å². The lowest BCUT2D eigenvalue weighted by Gasteiger charge is -2.37. The fraction of sp³-hybridized carbons (Fsp3) is 0.375. The Bertz CT molecular complexity index is 1270. The van der Waals surface area contributed by atoms with Gasteiger partial charge in [0.25, 0.3) is 11.5 Å². The predicted octanol–water partition coefficient (Wildman–Crippen LogP) is 3.83. The van der Waals surface area contributed by atoms with Gasteiger partial charge in [-0.1, -0.05) is 12.1 Å². The molecule has 0 aliphatic carbocycles. The Morgan fingerprint density at radius 2 is 1.77 bits per heavy atom. The molecule has 2 heterocycles. The van der Waals surface area contributed by atoms with Crippen molar-refractivity contribution in [2.45, 2.75) is 33.7 Å². The van der Waals surface area contributed by atoms with Crippen molar-refractivity contribution >= 4 is 29.0 Å². The van der Waals surface area contributed by atoms with Crippen LogP contribution in [0.3, 0.4) is 0 Å². The molecule has 7 heteroatoms. The molecule has 31 heavy (non-hydrogen) atoms. The highest BCUT2D eigenvalue weighted by molar-refractivity contribution is 7.71. The van der Waals surface area contributed by atoms with Gasteiger partial charge in [-0.25, -0.2) is 0 Å². The molecule has 1 aliphatic heterocycles. The van der Waals surface area contributed by atoms with Crippen molar-refractivity contribution in [3.8, 4) is 5.69 Å². The second-order valence-corrected chi connectivity index (χ2v) is 8.86. The maximum Gasteiger partial charge on any atom is 0.266 e. The van der Waals surface area contributed by atoms with Gasteiger partial charge in [0.15, 0.2) is 4.77 Å². The largest absolute Gasteiger partial charge is 0.336 e. The molecule has 0 spiro atoms. The topological polar surface area (TPSA) is 61.3 Å². The number of hydrogen-bond donors (Lipinski definition) is 1. The summed E-state index contributed by atoms with van der Waals surface area (Å²) < 4.78 is 1.86. The fourth-order valence-electron chi connectivity index (χ4n) is 4.17. The SMILES string of the molecule is Cc1cccc(-n2c(=S)[nH]c3cc(C(=O)N4CCN(C(C)C)CC4)ccc3c2=O)c1C. The highest BCUT2D eigenvalue weighted by Gasteiger charge is 2.23. The van der Waals surface area contributed by atoms with Crippen LogP contribution in [-0.4, -0.2) is 57.5 Å². The van der Waals surface area contributed by atoms with E-state index in [1.165, 1.54) is 4.57 Å². The Kier molecular flexibility index (Phi) is 5.81. The first kappa shape index (κ1) is 21.5. The molecule has 1 N–H and O–H groups in total. The number of hydrogen-bond acceptors (Lipinski definition) is 4. The van der Waals surface area contributed by atoms with Crippen LogP contribution < -0.4 is 5.56 Å². The van der Waals surface area contributed by atoms with Gasteiger partial charge in [-0.05, 0) is 75.3 Å². The zero-order chi connectivity index (χ0) is 22.3. The Morgan fingerprint density at radius 3 is 2.45 bits per heavy atom. The molecule has 1 amide bonds. The fourth-order valence-corrected chi connectivity index (χ4v) is 4.46. The zero-order valence-electron chi connectivity index (χ0n) is 18.4. The molecule has 4 rings (SSSR count). The van der Waals surface area contributed by atoms with Crippen molar-refractivity contribution in [2.24, 2.45) is 0 Å². The molecule has 6 nitrogen and oxygen atoms in total. The van der Waals surface area contributed by atoms with Crippen LogP contribution in [0, 0.1) is 18.6 Å². The zero-order valence-corrected chi connectivity index (χ0v) is 19.3. The van der Waals surface area contributed by atoms with Gasteiger partial charge in [-0.15, -0.1) is 0 Å². The second kappa shape index (κ2) is 8.40. The molecule has 3 aromatic rings. The summed E-state index contributed by atoms with van der Waals surface area (Å²) in [6.07, 6.45) is 0. The van der Waals surface area contributed by atoms with Crippen LogP contribution in [-0.2, 0) is 0 Å². The lowest BCUT2D eigenvalue weighted by molar-refractivity contribution is 0.0595. The maximum absolute atomic E-state index is 13.3. The summed E-state index contributed by atoms with van der Waals surface area (Å²) in [5, 5.41) is 0.510. The number of amides is 1. The number of benzene rings is 2. The summed E-state index contributed by atoms with van der Waals surface area (Å²) in [6, 6.07) is 11.5. The lowest BCUT2D eigenvalue weighted by atomic mass is 10.1. The number of nitrogens with one attached hydrogen (secondary N) is 1. The summed E-state index contributed by atoms with van der Waals surface area (Å²) >= 11 is 5.53. The predicted molar refractivity (Wildman–Crippen MR) is 127 cm³/mol. The van der Waals surface area contributed by atoms with E-state index in [0.717, 1.165) is 29.9 Å². The third-order valence-corrected chi connectivity index (χ3v) is 6.58. The first-order valence-electron chi connectivity index (χ1n) is 10.7. The minimum absolute atomic E-state index is 0.0108. The second-order valence-electron chi connectivity index (χ2n) is 8.47. The quantitative estimate of drug-likeness (QED) is 0.634. The highest BCUT2D eigenvalue weighted by Crippen LogP contribution is 2.19. The summed E-state index contributed by atoms with van der Waals surface area (Å²) in [5.41, 5.74) is 3.85. The molecule has 2 aromatic carbocycles. The van der Waals surface area contributed by atoms with Gasteiger partial charge in [-0.3, -0.25) is 19.1 Å². The molecule has 0 saturated carbocycles. The van der Waals surface area contributed by atoms with Gasteiger partial charge in [0.2, 0.25) is 0 Å². The molecule has 0 atom stereocenters. The monoisotopic (exact) mass is 436 g/mol. The van der Waals surface area contributed by atoms with E-state index in [2.05, 4.69) is 23.7 Å². The van der Waals surface area contributed by atoms with Gasteiger partial charge in [0, 0.05) is 37.8 Å². The van der Waals surface area contributed by atoms with Crippen LogP contribution >= 0.6 is 12.2 Å². The molecule has 1 saturated heterocycles. The number of carbonyl (C=O) groups is 1. The maximum atomic E-state index is 13.3. The first-order chi connectivity index (χ1) is 14.8. The number of fused-ring (bicyclic) bond motifs is 1. The van der Waals surface area contributed by atoms with Crippen LogP contribution in [0.1, 0.15) is 35.3 Å². The standard InChI is InChI=1S/C24H28N4O2S/c1-15(2)26-10-12-27(13-11-26)22(29)18-8-9-19-20(14-18)25-24(31)28(23(19)30)21-7-5-6-16(3)17(21)4/h5-9,14-15H,10-13H2,1-4H3,(H,25,31). The third-order valence-electron chi connectivity index (χ3n) is 6.29. The van der Waals surface area contributed by atoms with Crippen molar-refractivity contribution in [2.75, 3.05) is 26.2 Å². The van der Waals surface area contributed by atoms with Crippen molar-refractivity contribution in [3.63, 3.8) is 0 Å². The summed E-state index contributed by atoms with van der Waals surface area (Å²) in [5.74, 6) is -0.0108. The van der Waals surface area contributed by atoms with Gasteiger partial charge in [0.05, 0.1) is 16.6 Å². The van der Waals surface area contributed by atoms with Gasteiger partial charge in [0.1, 0.15) is 0 Å². The van der Waals surface area contributed by atoms with E-state index in [1.54, 1.807) is 18.2 Å². The van der Waals surface area contributed by atoms with Gasteiger partial charge in [-0.2, -0.15) is 0 Å². The van der Waals surface area contributed by atoms with Crippen LogP contribution in [0.2, 0.25) is 0 Å². The number of rotatable bonds is 3. The molecular weight excluding hydrogens is 408 g/mol. The Hall–Kier alpha value is -2.77. The molecule has 162 valence electrons. The van der Waals surface area contributed by atoms with E-state index in [4.69, 9.17) is 12.2 Å². The van der Waals surface area contributed by atoms with E-state index < -0.39 is 0 Å². The highest BCUT2D eigenvalue weighted by atomic mass is 32.1. The van der Waals surface area contributed by atoms with Crippen LogP contribution in [0.25, 0.3) is 16.6 Å². The minimum Gasteiger partial charge on any atom is -0.336 e. The van der Waals surface area contributed by atoms with E-state index in [0.29, 0.717) is 40.4 Å². The average Bonchev–Trinajstić information content (AvgIpc) is 2.75. The molecule has 0 unspecified atom stereocenters. The molecule has 1 aliphatic rings. The summed E-state index contributed by atoms with van der Waals surface area (Å²) in [4.78, 5) is 33.7. The Balaban J connectivity index is 1.70. The van der Waals surface area contributed by atoms with Crippen molar-refractivity contribution < 1.29 is 4.79 Å². The number of aryl methyl sites for hydroxylation is 1. The Morgan fingerprint density at radius 1 is 1.06 bits per heavy atom. The third kappa shape index (κ3) is 3.95. The van der Waals surface area contributed by atoms with E-state index >= 15 is 0 Å². The molecule has 0 bridgehead atoms. The lowest BCUT2D eigenvalue weighted by Crippen LogP contribution is -2.50. The van der Waals surface area contributed by atoms with Crippen molar-refractivity contribution in [3.05, 3.63) is 68.2 Å². The smallest absolute Gasteiger partial charge is 0.266 e. The van der Waals surface area contributed by atoms with E-state index in [-0.39, 0.29) is 11.5 Å². The first-order valence-corrected chi connectivity index (χ1v) is 11.1. The number of aromatic nitrogens is 2. The van der Waals surface area contributed by atoms with Crippen molar-refractivity contribution in [1.29, 1.82) is 0 Å². The van der Waals surface area contributed by atoms with Crippen molar-refractivity contribution in [1.82, 2.24) is 19.4 Å². The normalized spacial score (nSPS) is 15.1. The number of piperazine rings is 1. The van der Waals surface area contributed by atoms with E-state index in [1.807, 2.05) is 36.9 Å². The average molecular weight is 437 g/mol. The number of nitrogens with zero attached hydrogens (tertiary/aromatic N) is 3. The molecule has 1 fully saturated rings. The minimum atomic E-state index is -0.183. The number of carbonyl (C=O) groups excluding carboxylic acids is 1. The summed E-state index contributed by atoms with van der Waals surface area (Å²) in [7, 11) is 0. The molecule has 1 aromatic heterocycles.